The molecule has 1 fully saturated rings. The maximum atomic E-state index is 12.2. The van der Waals surface area contributed by atoms with E-state index in [1.165, 1.54) is 5.56 Å². The first-order valence-electron chi connectivity index (χ1n) is 7.40. The topological polar surface area (TPSA) is 55.6 Å². The molecule has 0 saturated carbocycles. The number of likely N-dealkylation sites (tertiary alicyclic amines) is 1. The predicted octanol–water partition coefficient (Wildman–Crippen LogP) is 1.75. The standard InChI is InChI=1S/C16H22N2O2/c1-11-8-16(19)18(10-14(11)17)9-12-6-7-20-15-5-3-2-4-13(12)15/h2-5,11-12,14H,6-10,17H2,1H3. The van der Waals surface area contributed by atoms with E-state index in [0.717, 1.165) is 25.3 Å². The highest BCUT2D eigenvalue weighted by molar-refractivity contribution is 5.77. The van der Waals surface area contributed by atoms with E-state index in [-0.39, 0.29) is 11.9 Å². The number of nitrogens with two attached hydrogens (primary N) is 1. The van der Waals surface area contributed by atoms with Crippen molar-refractivity contribution in [1.82, 2.24) is 4.90 Å². The molecule has 1 saturated heterocycles. The van der Waals surface area contributed by atoms with Crippen LogP contribution in [0.15, 0.2) is 24.3 Å². The Morgan fingerprint density at radius 1 is 1.40 bits per heavy atom. The number of ether oxygens (including phenoxy) is 1. The highest BCUT2D eigenvalue weighted by Crippen LogP contribution is 2.34. The van der Waals surface area contributed by atoms with E-state index in [4.69, 9.17) is 10.5 Å². The Balaban J connectivity index is 1.74. The van der Waals surface area contributed by atoms with Gasteiger partial charge < -0.3 is 15.4 Å². The van der Waals surface area contributed by atoms with Crippen molar-refractivity contribution in [2.45, 2.75) is 31.7 Å². The van der Waals surface area contributed by atoms with E-state index in [0.29, 0.717) is 24.8 Å². The number of carbonyl (C=O) groups excluding carboxylic acids is 1. The molecule has 20 heavy (non-hydrogen) atoms. The Kier molecular flexibility index (Phi) is 3.66. The van der Waals surface area contributed by atoms with Gasteiger partial charge in [-0.25, -0.2) is 0 Å². The summed E-state index contributed by atoms with van der Waals surface area (Å²) in [4.78, 5) is 14.1. The monoisotopic (exact) mass is 274 g/mol. The lowest BCUT2D eigenvalue weighted by molar-refractivity contribution is -0.135. The molecule has 1 aromatic rings. The van der Waals surface area contributed by atoms with E-state index >= 15 is 0 Å². The van der Waals surface area contributed by atoms with Crippen molar-refractivity contribution < 1.29 is 9.53 Å². The summed E-state index contributed by atoms with van der Waals surface area (Å²) in [6, 6.07) is 8.24. The lowest BCUT2D eigenvalue weighted by atomic mass is 9.89. The zero-order chi connectivity index (χ0) is 14.1. The van der Waals surface area contributed by atoms with Crippen molar-refractivity contribution in [3.8, 4) is 5.75 Å². The van der Waals surface area contributed by atoms with Gasteiger partial charge in [-0.1, -0.05) is 25.1 Å². The van der Waals surface area contributed by atoms with Crippen molar-refractivity contribution in [2.75, 3.05) is 19.7 Å². The molecule has 3 rings (SSSR count). The van der Waals surface area contributed by atoms with E-state index < -0.39 is 0 Å². The summed E-state index contributed by atoms with van der Waals surface area (Å²) in [7, 11) is 0. The second-order valence-corrected chi connectivity index (χ2v) is 6.02. The summed E-state index contributed by atoms with van der Waals surface area (Å²) in [5.74, 6) is 1.86. The molecule has 3 unspecified atom stereocenters. The van der Waals surface area contributed by atoms with E-state index in [9.17, 15) is 4.79 Å². The van der Waals surface area contributed by atoms with Crippen LogP contribution >= 0.6 is 0 Å². The molecule has 1 aromatic carbocycles. The van der Waals surface area contributed by atoms with Crippen LogP contribution < -0.4 is 10.5 Å². The van der Waals surface area contributed by atoms with Gasteiger partial charge in [0, 0.05) is 31.5 Å². The summed E-state index contributed by atoms with van der Waals surface area (Å²) in [6.07, 6.45) is 1.54. The molecular weight excluding hydrogens is 252 g/mol. The van der Waals surface area contributed by atoms with Gasteiger partial charge in [0.25, 0.3) is 0 Å². The average molecular weight is 274 g/mol. The van der Waals surface area contributed by atoms with Gasteiger partial charge in [-0.2, -0.15) is 0 Å². The van der Waals surface area contributed by atoms with Gasteiger partial charge in [0.05, 0.1) is 6.61 Å². The number of rotatable bonds is 2. The van der Waals surface area contributed by atoms with Crippen LogP contribution in [0.3, 0.4) is 0 Å². The highest BCUT2D eigenvalue weighted by Gasteiger charge is 2.32. The Labute approximate surface area is 119 Å². The first-order chi connectivity index (χ1) is 9.65. The van der Waals surface area contributed by atoms with Gasteiger partial charge in [0.2, 0.25) is 5.91 Å². The number of benzene rings is 1. The minimum atomic E-state index is 0.0998. The zero-order valence-corrected chi connectivity index (χ0v) is 11.9. The Morgan fingerprint density at radius 3 is 3.05 bits per heavy atom. The Hall–Kier alpha value is -1.55. The van der Waals surface area contributed by atoms with Gasteiger partial charge in [-0.05, 0) is 24.0 Å². The first kappa shape index (κ1) is 13.4. The second kappa shape index (κ2) is 5.44. The third-order valence-corrected chi connectivity index (χ3v) is 4.53. The normalized spacial score (nSPS) is 29.8. The lowest BCUT2D eigenvalue weighted by Gasteiger charge is -2.38. The molecule has 2 aliphatic rings. The summed E-state index contributed by atoms with van der Waals surface area (Å²) in [5.41, 5.74) is 7.33. The molecule has 2 heterocycles. The molecule has 2 N–H and O–H groups in total. The number of hydrogen-bond donors (Lipinski definition) is 1. The third-order valence-electron chi connectivity index (χ3n) is 4.53. The van der Waals surface area contributed by atoms with E-state index in [1.807, 2.05) is 23.1 Å². The van der Waals surface area contributed by atoms with Crippen LogP contribution in [0.1, 0.15) is 31.2 Å². The van der Waals surface area contributed by atoms with Crippen LogP contribution in [0.2, 0.25) is 0 Å². The fourth-order valence-corrected chi connectivity index (χ4v) is 3.14. The molecule has 4 nitrogen and oxygen atoms in total. The number of para-hydroxylation sites is 1. The molecular formula is C16H22N2O2. The van der Waals surface area contributed by atoms with Gasteiger partial charge in [-0.15, -0.1) is 0 Å². The molecule has 0 aliphatic carbocycles. The smallest absolute Gasteiger partial charge is 0.222 e. The van der Waals surface area contributed by atoms with Crippen LogP contribution in [-0.4, -0.2) is 36.5 Å². The van der Waals surface area contributed by atoms with E-state index in [2.05, 4.69) is 13.0 Å². The van der Waals surface area contributed by atoms with Gasteiger partial charge >= 0.3 is 0 Å². The quantitative estimate of drug-likeness (QED) is 0.894. The summed E-state index contributed by atoms with van der Waals surface area (Å²) < 4.78 is 5.68. The minimum Gasteiger partial charge on any atom is -0.493 e. The molecule has 3 atom stereocenters. The average Bonchev–Trinajstić information content (AvgIpc) is 2.45. The van der Waals surface area contributed by atoms with Crippen LogP contribution in [0.4, 0.5) is 0 Å². The van der Waals surface area contributed by atoms with Crippen molar-refractivity contribution in [1.29, 1.82) is 0 Å². The van der Waals surface area contributed by atoms with Crippen LogP contribution in [-0.2, 0) is 4.79 Å². The zero-order valence-electron chi connectivity index (χ0n) is 11.9. The summed E-state index contributed by atoms with van der Waals surface area (Å²) in [6.45, 7) is 4.23. The maximum absolute atomic E-state index is 12.2. The number of fused-ring (bicyclic) bond motifs is 1. The number of nitrogens with zero attached hydrogens (tertiary/aromatic N) is 1. The number of carbonyl (C=O) groups is 1. The Bertz CT molecular complexity index is 503. The molecule has 0 aromatic heterocycles. The molecule has 2 aliphatic heterocycles. The van der Waals surface area contributed by atoms with Crippen molar-refractivity contribution in [3.05, 3.63) is 29.8 Å². The van der Waals surface area contributed by atoms with Crippen molar-refractivity contribution in [3.63, 3.8) is 0 Å². The SMILES string of the molecule is CC1CC(=O)N(CC2CCOc3ccccc32)CC1N. The second-order valence-electron chi connectivity index (χ2n) is 6.02. The third kappa shape index (κ3) is 2.52. The first-order valence-corrected chi connectivity index (χ1v) is 7.40. The van der Waals surface area contributed by atoms with Gasteiger partial charge in [0.1, 0.15) is 5.75 Å². The van der Waals surface area contributed by atoms with Gasteiger partial charge in [0.15, 0.2) is 0 Å². The highest BCUT2D eigenvalue weighted by atomic mass is 16.5. The predicted molar refractivity (Wildman–Crippen MR) is 77.6 cm³/mol. The molecule has 4 heteroatoms. The number of hydrogen-bond acceptors (Lipinski definition) is 3. The Morgan fingerprint density at radius 2 is 2.20 bits per heavy atom. The molecule has 0 bridgehead atoms. The van der Waals surface area contributed by atoms with Crippen LogP contribution in [0.25, 0.3) is 0 Å². The molecule has 0 spiro atoms. The van der Waals surface area contributed by atoms with Crippen LogP contribution in [0, 0.1) is 5.92 Å². The molecule has 0 radical (unpaired) electrons. The summed E-state index contributed by atoms with van der Waals surface area (Å²) >= 11 is 0. The summed E-state index contributed by atoms with van der Waals surface area (Å²) in [5, 5.41) is 0. The molecule has 108 valence electrons. The number of amides is 1. The lowest BCUT2D eigenvalue weighted by Crippen LogP contribution is -2.51. The van der Waals surface area contributed by atoms with E-state index in [1.54, 1.807) is 0 Å². The number of piperidine rings is 1. The maximum Gasteiger partial charge on any atom is 0.222 e. The fraction of sp³-hybridized carbons (Fsp3) is 0.562. The largest absolute Gasteiger partial charge is 0.493 e. The van der Waals surface area contributed by atoms with Crippen molar-refractivity contribution >= 4 is 5.91 Å². The fourth-order valence-electron chi connectivity index (χ4n) is 3.14. The van der Waals surface area contributed by atoms with Crippen LogP contribution in [0.5, 0.6) is 5.75 Å². The minimum absolute atomic E-state index is 0.0998. The van der Waals surface area contributed by atoms with Crippen molar-refractivity contribution in [2.24, 2.45) is 11.7 Å². The molecule has 1 amide bonds. The van der Waals surface area contributed by atoms with Gasteiger partial charge in [-0.3, -0.25) is 4.79 Å².